The number of carbonyl (C=O) groups is 1. The number of hydrogen-bond donors (Lipinski definition) is 1. The minimum Gasteiger partial charge on any atom is -0.366 e. The van der Waals surface area contributed by atoms with Crippen molar-refractivity contribution in [1.29, 1.82) is 0 Å². The van der Waals surface area contributed by atoms with E-state index < -0.39 is 5.91 Å². The van der Waals surface area contributed by atoms with Gasteiger partial charge >= 0.3 is 0 Å². The fourth-order valence-corrected chi connectivity index (χ4v) is 0.509. The third-order valence-corrected chi connectivity index (χ3v) is 0.946. The smallest absolute Gasteiger partial charge is 0.250 e. The lowest BCUT2D eigenvalue weighted by molar-refractivity contribution is 0.1000. The number of amides is 1. The molecule has 1 amide bonds. The maximum Gasteiger partial charge on any atom is 0.250 e. The number of carbonyl (C=O) groups excluding carboxylic acids is 1. The Labute approximate surface area is 52.5 Å². The van der Waals surface area contributed by atoms with E-state index in [0.717, 1.165) is 0 Å². The predicted octanol–water partition coefficient (Wildman–Crippen LogP) is 0.181. The largest absolute Gasteiger partial charge is 0.366 e. The van der Waals surface area contributed by atoms with Crippen LogP contribution in [0.15, 0.2) is 24.5 Å². The average molecular weight is 128 g/mol. The highest BCUT2D eigenvalue weighted by atomic mass is 16.2. The summed E-state index contributed by atoms with van der Waals surface area (Å²) < 4.78 is 0. The molecule has 0 spiro atoms. The Morgan fingerprint density at radius 2 is 2.44 bits per heavy atom. The molecule has 0 fully saturated rings. The number of primary amides is 1. The standard InChI is InChI=1S/C6H6N2O/c7-6(9)5-2-1-3-8-4-5/h1-4H,(H2,7,9)/i1+1,2+1,3+1,4+1,5+1,6+1. The molecular weight excluding hydrogens is 122 g/mol. The highest BCUT2D eigenvalue weighted by Gasteiger charge is 1.94. The second-order valence-corrected chi connectivity index (χ2v) is 1.61. The van der Waals surface area contributed by atoms with E-state index in [2.05, 4.69) is 4.98 Å². The van der Waals surface area contributed by atoms with Gasteiger partial charge in [0, 0.05) is 12.4 Å². The van der Waals surface area contributed by atoms with Crippen LogP contribution in [0.3, 0.4) is 0 Å². The normalized spacial score (nSPS) is 8.89. The van der Waals surface area contributed by atoms with Gasteiger partial charge in [-0.2, -0.15) is 0 Å². The molecule has 0 unspecified atom stereocenters. The first-order valence-corrected chi connectivity index (χ1v) is 2.50. The molecule has 0 bridgehead atoms. The van der Waals surface area contributed by atoms with Gasteiger partial charge in [-0.3, -0.25) is 9.78 Å². The number of rotatable bonds is 1. The van der Waals surface area contributed by atoms with Gasteiger partial charge in [0.1, 0.15) is 0 Å². The van der Waals surface area contributed by atoms with Crippen molar-refractivity contribution in [1.82, 2.24) is 4.98 Å². The average Bonchev–Trinajstić information content (AvgIpc) is 1.90. The molecule has 2 N–H and O–H groups in total. The number of aromatic nitrogens is 1. The first-order valence-electron chi connectivity index (χ1n) is 2.50. The van der Waals surface area contributed by atoms with E-state index in [1.165, 1.54) is 6.20 Å². The second kappa shape index (κ2) is 2.26. The Hall–Kier alpha value is -1.38. The molecule has 1 rings (SSSR count). The Morgan fingerprint density at radius 3 is 2.78 bits per heavy atom. The summed E-state index contributed by atoms with van der Waals surface area (Å²) in [6, 6.07) is 3.29. The van der Waals surface area contributed by atoms with Gasteiger partial charge in [0.05, 0.1) is 5.56 Å². The Bertz CT molecular complexity index is 208. The van der Waals surface area contributed by atoms with Gasteiger partial charge in [0.15, 0.2) is 0 Å². The fourth-order valence-electron chi connectivity index (χ4n) is 0.509. The van der Waals surface area contributed by atoms with Crippen LogP contribution in [0, 0.1) is 0 Å². The van der Waals surface area contributed by atoms with Gasteiger partial charge < -0.3 is 5.73 Å². The van der Waals surface area contributed by atoms with Crippen LogP contribution in [0.1, 0.15) is 10.4 Å². The van der Waals surface area contributed by atoms with Gasteiger partial charge in [-0.1, -0.05) is 0 Å². The van der Waals surface area contributed by atoms with E-state index in [1.54, 1.807) is 18.3 Å². The van der Waals surface area contributed by atoms with Gasteiger partial charge in [-0.15, -0.1) is 0 Å². The minimum absolute atomic E-state index is 0.442. The summed E-state index contributed by atoms with van der Waals surface area (Å²) in [4.78, 5) is 14.1. The van der Waals surface area contributed by atoms with Crippen molar-refractivity contribution in [2.75, 3.05) is 0 Å². The Balaban J connectivity index is 2.98. The van der Waals surface area contributed by atoms with E-state index in [1.807, 2.05) is 0 Å². The van der Waals surface area contributed by atoms with Gasteiger partial charge in [-0.05, 0) is 12.1 Å². The lowest BCUT2D eigenvalue weighted by Crippen LogP contribution is -2.10. The van der Waals surface area contributed by atoms with Crippen LogP contribution in [0.2, 0.25) is 0 Å². The minimum atomic E-state index is -0.442. The van der Waals surface area contributed by atoms with Gasteiger partial charge in [0.2, 0.25) is 5.91 Å². The van der Waals surface area contributed by atoms with E-state index in [9.17, 15) is 4.79 Å². The lowest BCUT2D eigenvalue weighted by atomic mass is 11.2. The molecule has 9 heavy (non-hydrogen) atoms. The van der Waals surface area contributed by atoms with E-state index in [0.29, 0.717) is 5.56 Å². The van der Waals surface area contributed by atoms with Crippen LogP contribution >= 0.6 is 0 Å². The zero-order valence-corrected chi connectivity index (χ0v) is 4.74. The van der Waals surface area contributed by atoms with Gasteiger partial charge in [0.25, 0.3) is 0 Å². The molecule has 0 saturated carbocycles. The summed E-state index contributed by atoms with van der Waals surface area (Å²) in [5.74, 6) is -0.442. The summed E-state index contributed by atoms with van der Waals surface area (Å²) in [6.07, 6.45) is 3.02. The third-order valence-electron chi connectivity index (χ3n) is 0.946. The van der Waals surface area contributed by atoms with Crippen molar-refractivity contribution in [3.63, 3.8) is 0 Å². The lowest BCUT2D eigenvalue weighted by Gasteiger charge is -1.88. The maximum absolute atomic E-state index is 10.4. The molecule has 3 nitrogen and oxygen atoms in total. The molecule has 0 radical (unpaired) electrons. The summed E-state index contributed by atoms with van der Waals surface area (Å²) in [7, 11) is 0. The van der Waals surface area contributed by atoms with E-state index >= 15 is 0 Å². The Kier molecular flexibility index (Phi) is 1.44. The van der Waals surface area contributed by atoms with Crippen LogP contribution in [0.4, 0.5) is 0 Å². The zero-order chi connectivity index (χ0) is 6.69. The first kappa shape index (κ1) is 5.75. The number of nitrogens with zero attached hydrogens (tertiary/aromatic N) is 1. The molecular formula is C6H6N2O. The first-order chi connectivity index (χ1) is 4.30. The van der Waals surface area contributed by atoms with Crippen molar-refractivity contribution in [3.05, 3.63) is 30.1 Å². The summed E-state index contributed by atoms with van der Waals surface area (Å²) in [5.41, 5.74) is 5.38. The quantitative estimate of drug-likeness (QED) is 0.548. The fraction of sp³-hybridized carbons (Fsp3) is 0. The molecule has 1 aromatic heterocycles. The maximum atomic E-state index is 10.4. The van der Waals surface area contributed by atoms with E-state index in [-0.39, 0.29) is 0 Å². The monoisotopic (exact) mass is 128 g/mol. The molecule has 0 atom stereocenters. The highest BCUT2D eigenvalue weighted by molar-refractivity contribution is 5.92. The topological polar surface area (TPSA) is 56.0 Å². The van der Waals surface area contributed by atoms with Crippen LogP contribution in [0.5, 0.6) is 0 Å². The van der Waals surface area contributed by atoms with Crippen molar-refractivity contribution in [2.24, 2.45) is 5.73 Å². The zero-order valence-electron chi connectivity index (χ0n) is 4.74. The number of hydrogen-bond acceptors (Lipinski definition) is 2. The second-order valence-electron chi connectivity index (χ2n) is 1.61. The molecule has 46 valence electrons. The third kappa shape index (κ3) is 1.25. The van der Waals surface area contributed by atoms with Crippen molar-refractivity contribution in [3.8, 4) is 0 Å². The molecule has 0 aromatic carbocycles. The van der Waals surface area contributed by atoms with Crippen LogP contribution in [-0.2, 0) is 0 Å². The van der Waals surface area contributed by atoms with Crippen molar-refractivity contribution < 1.29 is 4.79 Å². The predicted molar refractivity (Wildman–Crippen MR) is 32.8 cm³/mol. The van der Waals surface area contributed by atoms with Crippen LogP contribution in [-0.4, -0.2) is 10.9 Å². The highest BCUT2D eigenvalue weighted by Crippen LogP contribution is 1.91. The molecule has 0 saturated heterocycles. The molecule has 1 aromatic rings. The summed E-state index contributed by atoms with van der Waals surface area (Å²) in [5, 5.41) is 0. The molecule has 1 heterocycles. The number of nitrogens with two attached hydrogens (primary N) is 1. The molecule has 0 aliphatic rings. The molecule has 0 aliphatic heterocycles. The summed E-state index contributed by atoms with van der Waals surface area (Å²) in [6.45, 7) is 0. The van der Waals surface area contributed by atoms with Gasteiger partial charge in [-0.25, -0.2) is 0 Å². The molecule has 3 heteroatoms. The van der Waals surface area contributed by atoms with Crippen LogP contribution < -0.4 is 5.73 Å². The molecule has 0 aliphatic carbocycles. The van der Waals surface area contributed by atoms with Crippen LogP contribution in [0.25, 0.3) is 0 Å². The van der Waals surface area contributed by atoms with Crippen molar-refractivity contribution >= 4 is 5.91 Å². The number of pyridine rings is 1. The van der Waals surface area contributed by atoms with Crippen molar-refractivity contribution in [2.45, 2.75) is 0 Å². The van der Waals surface area contributed by atoms with E-state index in [4.69, 9.17) is 5.73 Å². The summed E-state index contributed by atoms with van der Waals surface area (Å²) >= 11 is 0. The Morgan fingerprint density at radius 1 is 1.67 bits per heavy atom. The SMILES string of the molecule is N[13C](=O)[13c]1[13cH][13cH][13cH]n[13cH]1.